The van der Waals surface area contributed by atoms with Crippen molar-refractivity contribution in [3.05, 3.63) is 40.0 Å². The molecule has 1 unspecified atom stereocenters. The lowest BCUT2D eigenvalue weighted by Gasteiger charge is -2.25. The third-order valence-electron chi connectivity index (χ3n) is 3.62. The first-order valence-electron chi connectivity index (χ1n) is 7.18. The summed E-state index contributed by atoms with van der Waals surface area (Å²) in [6.45, 7) is 5.21. The molecule has 3 heterocycles. The van der Waals surface area contributed by atoms with Crippen LogP contribution in [-0.2, 0) is 6.42 Å². The molecule has 4 nitrogen and oxygen atoms in total. The topological polar surface area (TPSA) is 42.7 Å². The molecular formula is C15H18BrFN4. The average molecular weight is 353 g/mol. The van der Waals surface area contributed by atoms with Gasteiger partial charge in [-0.1, -0.05) is 13.8 Å². The summed E-state index contributed by atoms with van der Waals surface area (Å²) in [5, 5.41) is 8.13. The minimum absolute atomic E-state index is 0.0547. The number of fused-ring (bicyclic) bond motifs is 1. The van der Waals surface area contributed by atoms with Gasteiger partial charge in [-0.25, -0.2) is 9.07 Å². The van der Waals surface area contributed by atoms with E-state index in [0.717, 1.165) is 41.1 Å². The van der Waals surface area contributed by atoms with Crippen LogP contribution in [0.25, 0.3) is 0 Å². The lowest BCUT2D eigenvalue weighted by molar-refractivity contribution is 0.463. The van der Waals surface area contributed by atoms with Gasteiger partial charge in [-0.2, -0.15) is 5.10 Å². The van der Waals surface area contributed by atoms with Crippen molar-refractivity contribution in [1.29, 1.82) is 0 Å². The summed E-state index contributed by atoms with van der Waals surface area (Å²) in [7, 11) is 0. The van der Waals surface area contributed by atoms with Crippen molar-refractivity contribution < 1.29 is 4.39 Å². The molecule has 2 aromatic rings. The number of pyridine rings is 1. The third-order valence-corrected chi connectivity index (χ3v) is 4.45. The van der Waals surface area contributed by atoms with Crippen molar-refractivity contribution in [3.63, 3.8) is 0 Å². The van der Waals surface area contributed by atoms with E-state index in [2.05, 4.69) is 40.1 Å². The summed E-state index contributed by atoms with van der Waals surface area (Å²) in [6, 6.07) is 3.25. The van der Waals surface area contributed by atoms with Crippen LogP contribution in [0.2, 0.25) is 0 Å². The molecule has 3 rings (SSSR count). The summed E-state index contributed by atoms with van der Waals surface area (Å²) < 4.78 is 16.1. The van der Waals surface area contributed by atoms with Crippen LogP contribution in [0.3, 0.4) is 0 Å². The van der Waals surface area contributed by atoms with E-state index in [-0.39, 0.29) is 11.9 Å². The minimum Gasteiger partial charge on any atom is -0.369 e. The second-order valence-electron chi connectivity index (χ2n) is 5.78. The predicted molar refractivity (Wildman–Crippen MR) is 83.9 cm³/mol. The highest BCUT2D eigenvalue weighted by atomic mass is 79.9. The SMILES string of the molecule is CC(C)Cc1nn2c(c1Br)NCCC2c1ccc(F)cn1. The van der Waals surface area contributed by atoms with E-state index in [9.17, 15) is 4.39 Å². The lowest BCUT2D eigenvalue weighted by Crippen LogP contribution is -2.25. The highest BCUT2D eigenvalue weighted by Crippen LogP contribution is 2.36. The van der Waals surface area contributed by atoms with Gasteiger partial charge in [0.05, 0.1) is 28.1 Å². The molecule has 0 spiro atoms. The Morgan fingerprint density at radius 3 is 2.95 bits per heavy atom. The maximum absolute atomic E-state index is 13.1. The number of hydrogen-bond donors (Lipinski definition) is 1. The second kappa shape index (κ2) is 5.75. The number of hydrogen-bond acceptors (Lipinski definition) is 3. The summed E-state index contributed by atoms with van der Waals surface area (Å²) in [4.78, 5) is 4.22. The van der Waals surface area contributed by atoms with Gasteiger partial charge >= 0.3 is 0 Å². The molecule has 0 aromatic carbocycles. The fourth-order valence-electron chi connectivity index (χ4n) is 2.67. The first-order valence-corrected chi connectivity index (χ1v) is 7.97. The number of nitrogens with zero attached hydrogens (tertiary/aromatic N) is 3. The van der Waals surface area contributed by atoms with Gasteiger partial charge in [0.1, 0.15) is 11.6 Å². The Morgan fingerprint density at radius 1 is 1.48 bits per heavy atom. The van der Waals surface area contributed by atoms with E-state index >= 15 is 0 Å². The van der Waals surface area contributed by atoms with E-state index in [1.165, 1.54) is 12.3 Å². The minimum atomic E-state index is -0.310. The Bertz CT molecular complexity index is 636. The molecule has 0 aliphatic carbocycles. The Hall–Kier alpha value is -1.43. The van der Waals surface area contributed by atoms with E-state index < -0.39 is 0 Å². The van der Waals surface area contributed by atoms with Crippen LogP contribution in [-0.4, -0.2) is 21.3 Å². The Morgan fingerprint density at radius 2 is 2.29 bits per heavy atom. The molecule has 1 aliphatic heterocycles. The molecule has 21 heavy (non-hydrogen) atoms. The molecule has 1 atom stereocenters. The summed E-state index contributed by atoms with van der Waals surface area (Å²) in [5.74, 6) is 1.23. The zero-order valence-corrected chi connectivity index (χ0v) is 13.7. The maximum atomic E-state index is 13.1. The number of rotatable bonds is 3. The van der Waals surface area contributed by atoms with Gasteiger partial charge in [0.25, 0.3) is 0 Å². The van der Waals surface area contributed by atoms with E-state index in [1.54, 1.807) is 6.07 Å². The van der Waals surface area contributed by atoms with Crippen molar-refractivity contribution in [2.75, 3.05) is 11.9 Å². The van der Waals surface area contributed by atoms with Gasteiger partial charge in [-0.3, -0.25) is 4.98 Å². The molecule has 0 saturated heterocycles. The number of aromatic nitrogens is 3. The molecule has 1 aliphatic rings. The highest BCUT2D eigenvalue weighted by Gasteiger charge is 2.27. The Balaban J connectivity index is 1.99. The molecule has 2 aromatic heterocycles. The van der Waals surface area contributed by atoms with Crippen molar-refractivity contribution in [1.82, 2.24) is 14.8 Å². The van der Waals surface area contributed by atoms with Crippen molar-refractivity contribution in [2.24, 2.45) is 5.92 Å². The molecule has 0 amide bonds. The average Bonchev–Trinajstić information content (AvgIpc) is 2.76. The summed E-state index contributed by atoms with van der Waals surface area (Å²) in [6.07, 6.45) is 3.08. The maximum Gasteiger partial charge on any atom is 0.141 e. The standard InChI is InChI=1S/C15H18BrFN4/c1-9(2)7-12-14(16)15-18-6-5-13(21(15)20-12)11-4-3-10(17)8-19-11/h3-4,8-9,13,18H,5-7H2,1-2H3. The first kappa shape index (κ1) is 14.5. The molecule has 0 fully saturated rings. The molecule has 112 valence electrons. The smallest absolute Gasteiger partial charge is 0.141 e. The highest BCUT2D eigenvalue weighted by molar-refractivity contribution is 9.10. The third kappa shape index (κ3) is 2.81. The van der Waals surface area contributed by atoms with Crippen LogP contribution in [0, 0.1) is 11.7 Å². The van der Waals surface area contributed by atoms with Crippen LogP contribution in [0.15, 0.2) is 22.8 Å². The first-order chi connectivity index (χ1) is 10.1. The van der Waals surface area contributed by atoms with Crippen LogP contribution in [0.1, 0.15) is 37.7 Å². The van der Waals surface area contributed by atoms with Gasteiger partial charge < -0.3 is 5.32 Å². The number of anilines is 1. The Labute approximate surface area is 131 Å². The zero-order chi connectivity index (χ0) is 15.0. The van der Waals surface area contributed by atoms with Crippen molar-refractivity contribution in [3.8, 4) is 0 Å². The quantitative estimate of drug-likeness (QED) is 0.913. The Kier molecular flexibility index (Phi) is 3.97. The van der Waals surface area contributed by atoms with Gasteiger partial charge in [0.15, 0.2) is 0 Å². The van der Waals surface area contributed by atoms with E-state index in [0.29, 0.717) is 5.92 Å². The molecule has 0 saturated carbocycles. The van der Waals surface area contributed by atoms with Crippen LogP contribution < -0.4 is 5.32 Å². The summed E-state index contributed by atoms with van der Waals surface area (Å²) in [5.41, 5.74) is 1.91. The second-order valence-corrected chi connectivity index (χ2v) is 6.58. The molecule has 0 radical (unpaired) electrons. The number of halogens is 2. The monoisotopic (exact) mass is 352 g/mol. The largest absolute Gasteiger partial charge is 0.369 e. The van der Waals surface area contributed by atoms with Crippen LogP contribution in [0.4, 0.5) is 10.2 Å². The molecular weight excluding hydrogens is 335 g/mol. The molecule has 0 bridgehead atoms. The van der Waals surface area contributed by atoms with Gasteiger partial charge in [0, 0.05) is 6.54 Å². The molecule has 1 N–H and O–H groups in total. The summed E-state index contributed by atoms with van der Waals surface area (Å²) >= 11 is 3.65. The van der Waals surface area contributed by atoms with Gasteiger partial charge in [-0.05, 0) is 46.8 Å². The van der Waals surface area contributed by atoms with E-state index in [4.69, 9.17) is 5.10 Å². The lowest BCUT2D eigenvalue weighted by atomic mass is 10.1. The van der Waals surface area contributed by atoms with Crippen LogP contribution >= 0.6 is 15.9 Å². The van der Waals surface area contributed by atoms with Crippen LogP contribution in [0.5, 0.6) is 0 Å². The normalized spacial score (nSPS) is 17.7. The fraction of sp³-hybridized carbons (Fsp3) is 0.467. The van der Waals surface area contributed by atoms with Gasteiger partial charge in [0.2, 0.25) is 0 Å². The van der Waals surface area contributed by atoms with E-state index in [1.807, 2.05) is 4.68 Å². The van der Waals surface area contributed by atoms with Crippen molar-refractivity contribution in [2.45, 2.75) is 32.7 Å². The zero-order valence-electron chi connectivity index (χ0n) is 12.1. The van der Waals surface area contributed by atoms with Crippen molar-refractivity contribution >= 4 is 21.7 Å². The molecule has 6 heteroatoms. The number of nitrogens with one attached hydrogen (secondary N) is 1. The predicted octanol–water partition coefficient (Wildman–Crippen LogP) is 3.78. The fourth-order valence-corrected chi connectivity index (χ4v) is 3.23. The van der Waals surface area contributed by atoms with Gasteiger partial charge in [-0.15, -0.1) is 0 Å².